The normalized spacial score (nSPS) is 11.4. The zero-order valence-corrected chi connectivity index (χ0v) is 14.0. The third-order valence-corrected chi connectivity index (χ3v) is 3.43. The van der Waals surface area contributed by atoms with Gasteiger partial charge in [-0.25, -0.2) is 10.2 Å². The molecule has 23 heavy (non-hydrogen) atoms. The third-order valence-electron chi connectivity index (χ3n) is 3.43. The fourth-order valence-electron chi connectivity index (χ4n) is 2.12. The van der Waals surface area contributed by atoms with Crippen LogP contribution in [0.5, 0.6) is 0 Å². The first-order valence-electron chi connectivity index (χ1n) is 7.64. The number of hydrazone groups is 1. The Balaban J connectivity index is 2.36. The number of hydrogen-bond donors (Lipinski definition) is 1. The predicted octanol–water partition coefficient (Wildman–Crippen LogP) is 4.19. The van der Waals surface area contributed by atoms with Gasteiger partial charge in [0.05, 0.1) is 11.8 Å². The Hall–Kier alpha value is -2.62. The van der Waals surface area contributed by atoms with E-state index in [9.17, 15) is 4.79 Å². The molecule has 0 saturated heterocycles. The van der Waals surface area contributed by atoms with Gasteiger partial charge in [0.25, 0.3) is 0 Å². The van der Waals surface area contributed by atoms with Crippen LogP contribution in [0.4, 0.5) is 4.79 Å². The van der Waals surface area contributed by atoms with Crippen LogP contribution in [0.1, 0.15) is 36.1 Å². The molecule has 0 atom stereocenters. The maximum absolute atomic E-state index is 11.7. The van der Waals surface area contributed by atoms with Crippen LogP contribution < -0.4 is 5.43 Å². The third kappa shape index (κ3) is 4.68. The largest absolute Gasteiger partial charge is 0.446 e. The van der Waals surface area contributed by atoms with Crippen LogP contribution in [0.2, 0.25) is 0 Å². The molecular weight excluding hydrogens is 288 g/mol. The number of nitrogens with one attached hydrogen (secondary N) is 1. The molecular formula is C19H22N2O2. The Labute approximate surface area is 137 Å². The summed E-state index contributed by atoms with van der Waals surface area (Å²) in [6, 6.07) is 15.9. The van der Waals surface area contributed by atoms with Gasteiger partial charge in [-0.2, -0.15) is 5.10 Å². The van der Waals surface area contributed by atoms with Crippen molar-refractivity contribution in [3.63, 3.8) is 0 Å². The molecule has 0 radical (unpaired) electrons. The maximum atomic E-state index is 11.7. The number of nitrogens with zero attached hydrogens (tertiary/aromatic N) is 1. The Kier molecular flexibility index (Phi) is 5.52. The minimum Gasteiger partial charge on any atom is -0.446 e. The van der Waals surface area contributed by atoms with Crippen molar-refractivity contribution in [3.8, 4) is 0 Å². The second-order valence-corrected chi connectivity index (χ2v) is 5.69. The fraction of sp³-hybridized carbons (Fsp3) is 0.263. The molecule has 0 aromatic heterocycles. The molecule has 0 bridgehead atoms. The van der Waals surface area contributed by atoms with Crippen molar-refractivity contribution in [2.24, 2.45) is 5.10 Å². The standard InChI is InChI=1S/C19H22N2O2/c1-13(2)23-19(22)21-20-18(16-8-6-5-7-9-16)17-11-10-14(3)15(4)12-17/h5-13H,1-4H3,(H,21,22)/b20-18+. The summed E-state index contributed by atoms with van der Waals surface area (Å²) in [6.07, 6.45) is -0.746. The lowest BCUT2D eigenvalue weighted by molar-refractivity contribution is 0.116. The summed E-state index contributed by atoms with van der Waals surface area (Å²) in [5, 5.41) is 4.28. The summed E-state index contributed by atoms with van der Waals surface area (Å²) in [7, 11) is 0. The number of carbonyl (C=O) groups excluding carboxylic acids is 1. The van der Waals surface area contributed by atoms with Gasteiger partial charge in [-0.05, 0) is 44.9 Å². The van der Waals surface area contributed by atoms with Crippen LogP contribution in [0.25, 0.3) is 0 Å². The molecule has 2 aromatic carbocycles. The first-order valence-corrected chi connectivity index (χ1v) is 7.64. The van der Waals surface area contributed by atoms with Crippen molar-refractivity contribution in [1.82, 2.24) is 5.43 Å². The van der Waals surface area contributed by atoms with Gasteiger partial charge in [0.15, 0.2) is 0 Å². The fourth-order valence-corrected chi connectivity index (χ4v) is 2.12. The SMILES string of the molecule is Cc1ccc(/C(=N/NC(=O)OC(C)C)c2ccccc2)cc1C. The molecule has 0 spiro atoms. The molecule has 0 unspecified atom stereocenters. The van der Waals surface area contributed by atoms with Gasteiger partial charge in [0, 0.05) is 11.1 Å². The number of benzene rings is 2. The van der Waals surface area contributed by atoms with E-state index in [2.05, 4.69) is 36.5 Å². The van der Waals surface area contributed by atoms with E-state index in [0.29, 0.717) is 5.71 Å². The Morgan fingerprint density at radius 1 is 1.00 bits per heavy atom. The summed E-state index contributed by atoms with van der Waals surface area (Å²) in [5.74, 6) is 0. The molecule has 0 fully saturated rings. The molecule has 2 aromatic rings. The highest BCUT2D eigenvalue weighted by molar-refractivity contribution is 6.13. The van der Waals surface area contributed by atoms with E-state index in [1.54, 1.807) is 13.8 Å². The van der Waals surface area contributed by atoms with E-state index in [4.69, 9.17) is 4.74 Å². The van der Waals surface area contributed by atoms with Crippen molar-refractivity contribution in [3.05, 3.63) is 70.8 Å². The number of ether oxygens (including phenoxy) is 1. The lowest BCUT2D eigenvalue weighted by Crippen LogP contribution is -2.24. The highest BCUT2D eigenvalue weighted by Crippen LogP contribution is 2.15. The second kappa shape index (κ2) is 7.58. The molecule has 120 valence electrons. The molecule has 2 rings (SSSR count). The molecule has 1 N–H and O–H groups in total. The van der Waals surface area contributed by atoms with E-state index >= 15 is 0 Å². The lowest BCUT2D eigenvalue weighted by Gasteiger charge is -2.11. The predicted molar refractivity (Wildman–Crippen MR) is 92.7 cm³/mol. The molecule has 4 heteroatoms. The van der Waals surface area contributed by atoms with Crippen LogP contribution in [0, 0.1) is 13.8 Å². The molecule has 0 aliphatic rings. The van der Waals surface area contributed by atoms with Gasteiger partial charge in [0.2, 0.25) is 0 Å². The highest BCUT2D eigenvalue weighted by Gasteiger charge is 2.10. The Bertz CT molecular complexity index is 707. The van der Waals surface area contributed by atoms with Gasteiger partial charge >= 0.3 is 6.09 Å². The maximum Gasteiger partial charge on any atom is 0.428 e. The number of hydrogen-bond acceptors (Lipinski definition) is 3. The highest BCUT2D eigenvalue weighted by atomic mass is 16.6. The second-order valence-electron chi connectivity index (χ2n) is 5.69. The van der Waals surface area contributed by atoms with E-state index in [0.717, 1.165) is 11.1 Å². The number of aryl methyl sites for hydroxylation is 2. The summed E-state index contributed by atoms with van der Waals surface area (Å²) < 4.78 is 5.06. The van der Waals surface area contributed by atoms with Gasteiger partial charge < -0.3 is 4.74 Å². The molecule has 0 heterocycles. The average molecular weight is 310 g/mol. The first-order chi connectivity index (χ1) is 11.0. The van der Waals surface area contributed by atoms with Crippen molar-refractivity contribution in [2.45, 2.75) is 33.8 Å². The first kappa shape index (κ1) is 16.7. The Morgan fingerprint density at radius 3 is 2.30 bits per heavy atom. The van der Waals surface area contributed by atoms with Crippen LogP contribution in [-0.4, -0.2) is 17.9 Å². The number of rotatable bonds is 4. The molecule has 0 aliphatic heterocycles. The lowest BCUT2D eigenvalue weighted by atomic mass is 9.99. The zero-order chi connectivity index (χ0) is 16.8. The minimum atomic E-state index is -0.558. The van der Waals surface area contributed by atoms with Gasteiger partial charge in [0.1, 0.15) is 0 Å². The molecule has 4 nitrogen and oxygen atoms in total. The van der Waals surface area contributed by atoms with E-state index in [1.165, 1.54) is 11.1 Å². The Morgan fingerprint density at radius 2 is 1.70 bits per heavy atom. The van der Waals surface area contributed by atoms with Crippen LogP contribution in [-0.2, 0) is 4.74 Å². The van der Waals surface area contributed by atoms with Gasteiger partial charge in [-0.3, -0.25) is 0 Å². The molecule has 0 saturated carbocycles. The monoisotopic (exact) mass is 310 g/mol. The minimum absolute atomic E-state index is 0.188. The smallest absolute Gasteiger partial charge is 0.428 e. The van der Waals surface area contributed by atoms with Crippen molar-refractivity contribution < 1.29 is 9.53 Å². The number of amides is 1. The van der Waals surface area contributed by atoms with Crippen molar-refractivity contribution in [1.29, 1.82) is 0 Å². The van der Waals surface area contributed by atoms with Crippen molar-refractivity contribution >= 4 is 11.8 Å². The average Bonchev–Trinajstić information content (AvgIpc) is 2.51. The zero-order valence-electron chi connectivity index (χ0n) is 14.0. The van der Waals surface area contributed by atoms with Crippen LogP contribution in [0.15, 0.2) is 53.6 Å². The van der Waals surface area contributed by atoms with Gasteiger partial charge in [-0.1, -0.05) is 42.5 Å². The topological polar surface area (TPSA) is 50.7 Å². The van der Waals surface area contributed by atoms with Crippen LogP contribution in [0.3, 0.4) is 0 Å². The molecule has 0 aliphatic carbocycles. The summed E-state index contributed by atoms with van der Waals surface area (Å²) in [6.45, 7) is 7.72. The summed E-state index contributed by atoms with van der Waals surface area (Å²) >= 11 is 0. The van der Waals surface area contributed by atoms with E-state index in [1.807, 2.05) is 36.4 Å². The summed E-state index contributed by atoms with van der Waals surface area (Å²) in [5.41, 5.74) is 7.45. The molecule has 1 amide bonds. The number of carbonyl (C=O) groups is 1. The van der Waals surface area contributed by atoms with Gasteiger partial charge in [-0.15, -0.1) is 0 Å². The van der Waals surface area contributed by atoms with Crippen molar-refractivity contribution in [2.75, 3.05) is 0 Å². The summed E-state index contributed by atoms with van der Waals surface area (Å²) in [4.78, 5) is 11.7. The van der Waals surface area contributed by atoms with E-state index < -0.39 is 6.09 Å². The van der Waals surface area contributed by atoms with E-state index in [-0.39, 0.29) is 6.10 Å². The van der Waals surface area contributed by atoms with Crippen LogP contribution >= 0.6 is 0 Å². The quantitative estimate of drug-likeness (QED) is 0.680.